The van der Waals surface area contributed by atoms with Crippen LogP contribution in [0.3, 0.4) is 0 Å². The Morgan fingerprint density at radius 2 is 1.10 bits per heavy atom. The second-order valence-corrected chi connectivity index (χ2v) is 7.48. The summed E-state index contributed by atoms with van der Waals surface area (Å²) in [5.74, 6) is -13.9. The lowest BCUT2D eigenvalue weighted by Gasteiger charge is -2.35. The van der Waals surface area contributed by atoms with Crippen LogP contribution in [-0.4, -0.2) is 73.1 Å². The highest BCUT2D eigenvalue weighted by Gasteiger charge is 2.77. The molecular weight excluding hydrogens is 452 g/mol. The molecule has 0 aliphatic rings. The summed E-state index contributed by atoms with van der Waals surface area (Å²) in [5, 5.41) is -7.00. The third-order valence-corrected chi connectivity index (χ3v) is 5.47. The highest BCUT2D eigenvalue weighted by molar-refractivity contribution is 7.86. The van der Waals surface area contributed by atoms with Gasteiger partial charge in [0.2, 0.25) is 0 Å². The van der Waals surface area contributed by atoms with Gasteiger partial charge in [-0.2, -0.15) is 39.5 Å². The lowest BCUT2D eigenvalue weighted by Crippen LogP contribution is -2.61. The Morgan fingerprint density at radius 1 is 0.793 bits per heavy atom. The van der Waals surface area contributed by atoms with E-state index in [9.17, 15) is 56.9 Å². The molecule has 29 heavy (non-hydrogen) atoms. The fourth-order valence-corrected chi connectivity index (χ4v) is 2.67. The van der Waals surface area contributed by atoms with Crippen molar-refractivity contribution < 1.29 is 61.4 Å². The number of halogens is 10. The van der Waals surface area contributed by atoms with Crippen LogP contribution in [0.1, 0.15) is 34.1 Å². The van der Waals surface area contributed by atoms with Gasteiger partial charge in [-0.15, -0.1) is 0 Å². The van der Waals surface area contributed by atoms with E-state index < -0.39 is 46.0 Å². The van der Waals surface area contributed by atoms with Crippen molar-refractivity contribution in [2.24, 2.45) is 0 Å². The van der Waals surface area contributed by atoms with Crippen LogP contribution in [0.4, 0.5) is 43.9 Å². The van der Waals surface area contributed by atoms with Crippen LogP contribution in [0.25, 0.3) is 0 Å². The van der Waals surface area contributed by atoms with Crippen LogP contribution >= 0.6 is 0 Å². The van der Waals surface area contributed by atoms with Crippen LogP contribution in [0.5, 0.6) is 0 Å². The van der Waals surface area contributed by atoms with E-state index >= 15 is 0 Å². The molecule has 0 saturated heterocycles. The van der Waals surface area contributed by atoms with Crippen molar-refractivity contribution >= 4 is 10.1 Å². The van der Waals surface area contributed by atoms with Crippen molar-refractivity contribution in [3.8, 4) is 0 Å². The average molecular weight is 475 g/mol. The molecule has 15 heteroatoms. The van der Waals surface area contributed by atoms with Gasteiger partial charge in [0, 0.05) is 0 Å². The molecule has 0 aliphatic heterocycles. The number of hydrogen-bond acceptors (Lipinski definition) is 3. The first-order valence-corrected chi connectivity index (χ1v) is 9.68. The minimum Gasteiger partial charge on any atom is -0.743 e. The fourth-order valence-electron chi connectivity index (χ4n) is 2.22. The monoisotopic (exact) mass is 475 g/mol. The summed E-state index contributed by atoms with van der Waals surface area (Å²) >= 11 is 0. The van der Waals surface area contributed by atoms with Gasteiger partial charge in [0.1, 0.15) is 0 Å². The van der Waals surface area contributed by atoms with Crippen molar-refractivity contribution in [2.75, 3.05) is 26.2 Å². The van der Waals surface area contributed by atoms with E-state index in [4.69, 9.17) is 0 Å². The first kappa shape index (κ1) is 30.4. The lowest BCUT2D eigenvalue weighted by atomic mass is 10.0. The smallest absolute Gasteiger partial charge is 0.402 e. The zero-order chi connectivity index (χ0) is 24.1. The Bertz CT molecular complexity index is 586. The van der Waals surface area contributed by atoms with Gasteiger partial charge < -0.3 is 9.04 Å². The zero-order valence-corrected chi connectivity index (χ0v) is 16.8. The molecule has 0 amide bonds. The van der Waals surface area contributed by atoms with E-state index in [2.05, 4.69) is 27.7 Å². The number of rotatable bonds is 9. The second kappa shape index (κ2) is 9.98. The Balaban J connectivity index is 0. The molecule has 0 aromatic heterocycles. The van der Waals surface area contributed by atoms with E-state index in [1.165, 1.54) is 30.7 Å². The normalized spacial score (nSPS) is 15.6. The van der Waals surface area contributed by atoms with Crippen molar-refractivity contribution in [3.05, 3.63) is 0 Å². The summed E-state index contributed by atoms with van der Waals surface area (Å²) in [6, 6.07) is 0. The predicted octanol–water partition coefficient (Wildman–Crippen LogP) is 4.57. The van der Waals surface area contributed by atoms with Crippen molar-refractivity contribution in [1.82, 2.24) is 0 Å². The molecule has 0 radical (unpaired) electrons. The number of quaternary nitrogens is 1. The molecule has 0 N–H and O–H groups in total. The molecule has 1 atom stereocenters. The van der Waals surface area contributed by atoms with Gasteiger partial charge in [0.15, 0.2) is 16.3 Å². The fraction of sp³-hybridized carbons (Fsp3) is 1.00. The van der Waals surface area contributed by atoms with E-state index in [-0.39, 0.29) is 0 Å². The molecule has 0 heterocycles. The van der Waals surface area contributed by atoms with Gasteiger partial charge in [-0.3, -0.25) is 0 Å². The molecule has 0 aromatic carbocycles. The van der Waals surface area contributed by atoms with Gasteiger partial charge in [-0.1, -0.05) is 0 Å². The standard InChI is InChI=1S/C8H20N.C6H4F10O3S/c1-5-9(6-2,7-3)8-4;7-2(1-3(8,9)10)4(11,12)5(13,14)6(15,16)20(17,18)19/h5-8H2,1-4H3;2H,1H2,(H,17,18,19)/q+1;/p-1. The highest BCUT2D eigenvalue weighted by atomic mass is 32.2. The Morgan fingerprint density at radius 3 is 1.28 bits per heavy atom. The Hall–Kier alpha value is -0.830. The lowest BCUT2D eigenvalue weighted by molar-refractivity contribution is -0.921. The van der Waals surface area contributed by atoms with Gasteiger partial charge in [-0.05, 0) is 27.7 Å². The molecule has 0 spiro atoms. The van der Waals surface area contributed by atoms with Crippen molar-refractivity contribution in [2.45, 2.75) is 63.6 Å². The average Bonchev–Trinajstić information content (AvgIpc) is 2.55. The van der Waals surface area contributed by atoms with E-state index in [0.29, 0.717) is 0 Å². The quantitative estimate of drug-likeness (QED) is 0.279. The first-order chi connectivity index (χ1) is 12.6. The van der Waals surface area contributed by atoms with E-state index in [1.807, 2.05) is 0 Å². The molecule has 0 saturated carbocycles. The summed E-state index contributed by atoms with van der Waals surface area (Å²) in [4.78, 5) is 0. The predicted molar refractivity (Wildman–Crippen MR) is 82.5 cm³/mol. The van der Waals surface area contributed by atoms with Crippen LogP contribution in [0, 0.1) is 0 Å². The molecule has 0 rings (SSSR count). The third kappa shape index (κ3) is 7.12. The van der Waals surface area contributed by atoms with Gasteiger partial charge in [0.05, 0.1) is 32.6 Å². The summed E-state index contributed by atoms with van der Waals surface area (Å²) in [6.07, 6.45) is -13.9. The molecule has 0 fully saturated rings. The molecule has 4 nitrogen and oxygen atoms in total. The maximum absolute atomic E-state index is 12.6. The maximum atomic E-state index is 12.6. The summed E-state index contributed by atoms with van der Waals surface area (Å²) in [7, 11) is -7.38. The number of alkyl halides is 10. The molecule has 0 aliphatic carbocycles. The van der Waals surface area contributed by atoms with Gasteiger partial charge in [0.25, 0.3) is 0 Å². The van der Waals surface area contributed by atoms with Crippen LogP contribution in [0.2, 0.25) is 0 Å². The zero-order valence-electron chi connectivity index (χ0n) is 16.0. The highest BCUT2D eigenvalue weighted by Crippen LogP contribution is 2.51. The molecule has 178 valence electrons. The maximum Gasteiger partial charge on any atom is 0.402 e. The summed E-state index contributed by atoms with van der Waals surface area (Å²) in [6.45, 7) is 14.2. The molecule has 1 unspecified atom stereocenters. The van der Waals surface area contributed by atoms with E-state index in [0.717, 1.165) is 0 Å². The second-order valence-electron chi connectivity index (χ2n) is 6.06. The van der Waals surface area contributed by atoms with Crippen LogP contribution < -0.4 is 0 Å². The topological polar surface area (TPSA) is 57.2 Å². The van der Waals surface area contributed by atoms with Crippen LogP contribution in [-0.2, 0) is 10.1 Å². The van der Waals surface area contributed by atoms with Crippen molar-refractivity contribution in [1.29, 1.82) is 0 Å². The molecule has 0 bridgehead atoms. The van der Waals surface area contributed by atoms with Gasteiger partial charge >= 0.3 is 23.3 Å². The summed E-state index contributed by atoms with van der Waals surface area (Å²) in [5.41, 5.74) is 0. The minimum atomic E-state index is -7.38. The number of nitrogens with zero attached hydrogens (tertiary/aromatic N) is 1. The first-order valence-electron chi connectivity index (χ1n) is 8.27. The number of hydrogen-bond donors (Lipinski definition) is 0. The Kier molecular flexibility index (Phi) is 10.5. The Labute approximate surface area is 162 Å². The van der Waals surface area contributed by atoms with Crippen molar-refractivity contribution in [3.63, 3.8) is 0 Å². The third-order valence-electron chi connectivity index (χ3n) is 4.59. The largest absolute Gasteiger partial charge is 0.743 e. The van der Waals surface area contributed by atoms with Crippen LogP contribution in [0.15, 0.2) is 0 Å². The molecule has 0 aromatic rings. The van der Waals surface area contributed by atoms with E-state index in [1.54, 1.807) is 0 Å². The SMILES string of the molecule is CC[N+](CC)(CC)CC.O=S(=O)([O-])C(F)(F)C(F)(F)C(F)(F)C(F)CC(F)(F)F. The minimum absolute atomic E-state index is 1.28. The van der Waals surface area contributed by atoms with Gasteiger partial charge in [-0.25, -0.2) is 12.8 Å². The summed E-state index contributed by atoms with van der Waals surface area (Å²) < 4.78 is 153. The molecular formula is C14H23F10NO3S.